The second-order valence-electron chi connectivity index (χ2n) is 15.5. The molecule has 12 nitrogen and oxygen atoms in total. The molecule has 0 unspecified atom stereocenters. The predicted molar refractivity (Wildman–Crippen MR) is 202 cm³/mol. The summed E-state index contributed by atoms with van der Waals surface area (Å²) in [5.41, 5.74) is 5.59. The minimum Gasteiger partial charge on any atom is -0.444 e. The SMILES string of the molecule is CC(C)[C@H](NC1=NCCN1C)C(=O)N1CCC[C@H]1c1ncc(-c2ccc(-c3ccc(-c4cnc([C@H]5CCCN5C(=O)OC(C)(C)C)[nH]4)cc3)cc2)[nH]1. The Hall–Kier alpha value is -5.13. The summed E-state index contributed by atoms with van der Waals surface area (Å²) < 4.78 is 5.64. The summed E-state index contributed by atoms with van der Waals surface area (Å²) >= 11 is 0. The van der Waals surface area contributed by atoms with Gasteiger partial charge in [-0.25, -0.2) is 14.8 Å². The van der Waals surface area contributed by atoms with E-state index >= 15 is 0 Å². The number of benzene rings is 2. The maximum absolute atomic E-state index is 13.9. The number of amides is 2. The number of carbonyl (C=O) groups is 2. The van der Waals surface area contributed by atoms with Gasteiger partial charge in [-0.15, -0.1) is 0 Å². The number of nitrogens with zero attached hydrogens (tertiary/aromatic N) is 6. The molecule has 2 aromatic heterocycles. The number of rotatable bonds is 8. The van der Waals surface area contributed by atoms with E-state index in [0.29, 0.717) is 6.54 Å². The van der Waals surface area contributed by atoms with Crippen molar-refractivity contribution in [1.29, 1.82) is 0 Å². The molecule has 3 aliphatic heterocycles. The van der Waals surface area contributed by atoms with Crippen LogP contribution in [0.2, 0.25) is 0 Å². The number of aliphatic imine (C=N–C) groups is 1. The first kappa shape index (κ1) is 35.3. The fourth-order valence-corrected chi connectivity index (χ4v) is 7.41. The van der Waals surface area contributed by atoms with Gasteiger partial charge in [-0.1, -0.05) is 62.4 Å². The van der Waals surface area contributed by atoms with E-state index in [2.05, 4.69) is 92.5 Å². The first-order valence-electron chi connectivity index (χ1n) is 18.6. The average Bonchev–Trinajstić information content (AvgIpc) is 3.96. The Labute approximate surface area is 306 Å². The molecular weight excluding hydrogens is 655 g/mol. The lowest BCUT2D eigenvalue weighted by molar-refractivity contribution is -0.135. The molecule has 0 bridgehead atoms. The number of guanidine groups is 1. The highest BCUT2D eigenvalue weighted by atomic mass is 16.6. The van der Waals surface area contributed by atoms with Gasteiger partial charge < -0.3 is 29.8 Å². The first-order chi connectivity index (χ1) is 24.9. The summed E-state index contributed by atoms with van der Waals surface area (Å²) in [7, 11) is 2.00. The van der Waals surface area contributed by atoms with Gasteiger partial charge in [0.15, 0.2) is 5.96 Å². The third kappa shape index (κ3) is 7.42. The van der Waals surface area contributed by atoms with Crippen LogP contribution in [-0.4, -0.2) is 97.5 Å². The lowest BCUT2D eigenvalue weighted by Gasteiger charge is -2.31. The molecule has 0 aliphatic carbocycles. The van der Waals surface area contributed by atoms with Crippen LogP contribution in [0, 0.1) is 5.92 Å². The molecule has 4 aromatic rings. The molecule has 2 fully saturated rings. The maximum Gasteiger partial charge on any atom is 0.410 e. The van der Waals surface area contributed by atoms with Crippen molar-refractivity contribution in [3.63, 3.8) is 0 Å². The maximum atomic E-state index is 13.9. The van der Waals surface area contributed by atoms with Gasteiger partial charge in [0, 0.05) is 26.7 Å². The molecule has 7 rings (SSSR count). The molecule has 3 N–H and O–H groups in total. The van der Waals surface area contributed by atoms with Gasteiger partial charge in [-0.2, -0.15) is 0 Å². The fourth-order valence-electron chi connectivity index (χ4n) is 7.41. The molecule has 274 valence electrons. The number of hydrogen-bond donors (Lipinski definition) is 3. The van der Waals surface area contributed by atoms with Crippen molar-refractivity contribution in [1.82, 2.24) is 40.0 Å². The van der Waals surface area contributed by atoms with E-state index in [-0.39, 0.29) is 36.0 Å². The number of nitrogens with one attached hydrogen (secondary N) is 3. The summed E-state index contributed by atoms with van der Waals surface area (Å²) in [6.45, 7) is 12.8. The van der Waals surface area contributed by atoms with Gasteiger partial charge in [0.1, 0.15) is 23.3 Å². The Bertz CT molecular complexity index is 1900. The largest absolute Gasteiger partial charge is 0.444 e. The molecule has 2 aromatic carbocycles. The van der Waals surface area contributed by atoms with Crippen molar-refractivity contribution in [2.45, 2.75) is 84.0 Å². The zero-order chi connectivity index (χ0) is 36.6. The molecule has 0 radical (unpaired) electrons. The van der Waals surface area contributed by atoms with Gasteiger partial charge in [0.2, 0.25) is 5.91 Å². The summed E-state index contributed by atoms with van der Waals surface area (Å²) in [6, 6.07) is 16.3. The number of likely N-dealkylation sites (N-methyl/N-ethyl adjacent to an activating group) is 1. The van der Waals surface area contributed by atoms with E-state index in [4.69, 9.17) is 9.72 Å². The van der Waals surface area contributed by atoms with Crippen molar-refractivity contribution in [2.24, 2.45) is 10.9 Å². The number of imidazole rings is 2. The molecular formula is C40H51N9O3. The predicted octanol–water partition coefficient (Wildman–Crippen LogP) is 6.78. The van der Waals surface area contributed by atoms with Crippen molar-refractivity contribution in [3.05, 3.63) is 72.6 Å². The minimum absolute atomic E-state index is 0.0849. The molecule has 0 saturated carbocycles. The quantitative estimate of drug-likeness (QED) is 0.184. The van der Waals surface area contributed by atoms with Crippen LogP contribution >= 0.6 is 0 Å². The third-order valence-electron chi connectivity index (χ3n) is 10.2. The van der Waals surface area contributed by atoms with Crippen molar-refractivity contribution >= 4 is 18.0 Å². The molecule has 52 heavy (non-hydrogen) atoms. The Balaban J connectivity index is 0.998. The van der Waals surface area contributed by atoms with E-state index < -0.39 is 5.60 Å². The van der Waals surface area contributed by atoms with Crippen LogP contribution in [0.4, 0.5) is 4.79 Å². The van der Waals surface area contributed by atoms with Crippen LogP contribution in [0.25, 0.3) is 33.6 Å². The van der Waals surface area contributed by atoms with Crippen LogP contribution in [0.15, 0.2) is 65.9 Å². The Morgan fingerprint density at radius 3 is 1.77 bits per heavy atom. The first-order valence-corrected chi connectivity index (χ1v) is 18.6. The van der Waals surface area contributed by atoms with E-state index in [1.165, 1.54) is 0 Å². The van der Waals surface area contributed by atoms with Crippen LogP contribution in [0.5, 0.6) is 0 Å². The van der Waals surface area contributed by atoms with Crippen LogP contribution < -0.4 is 5.32 Å². The number of aromatic amines is 2. The fraction of sp³-hybridized carbons (Fsp3) is 0.475. The summed E-state index contributed by atoms with van der Waals surface area (Å²) in [5, 5.41) is 3.43. The molecule has 0 spiro atoms. The van der Waals surface area contributed by atoms with Crippen molar-refractivity contribution in [3.8, 4) is 33.6 Å². The monoisotopic (exact) mass is 705 g/mol. The highest BCUT2D eigenvalue weighted by molar-refractivity contribution is 5.90. The standard InChI is InChI=1S/C40H51N9O3/c1-25(2)34(46-38-41-19-22-47(38)6)37(50)48-20-7-9-32(48)35-42-23-30(44-35)28-15-11-26(12-16-28)27-13-17-29(18-14-27)31-24-43-36(45-31)33-10-8-21-49(33)39(51)52-40(3,4)5/h11-18,23-25,32-34H,7-10,19-22H2,1-6H3,(H,41,46)(H,42,44)(H,43,45)/t32-,33+,34-/m0/s1. The number of likely N-dealkylation sites (tertiary alicyclic amines) is 2. The highest BCUT2D eigenvalue weighted by Crippen LogP contribution is 2.35. The number of hydrogen-bond acceptors (Lipinski definition) is 8. The zero-order valence-corrected chi connectivity index (χ0v) is 31.1. The molecule has 3 atom stereocenters. The molecule has 2 amide bonds. The molecule has 2 saturated heterocycles. The number of H-pyrrole nitrogens is 2. The normalized spacial score (nSPS) is 19.8. The van der Waals surface area contributed by atoms with Gasteiger partial charge in [0.25, 0.3) is 0 Å². The van der Waals surface area contributed by atoms with Crippen LogP contribution in [-0.2, 0) is 9.53 Å². The Kier molecular flexibility index (Phi) is 9.82. The second-order valence-corrected chi connectivity index (χ2v) is 15.5. The zero-order valence-electron chi connectivity index (χ0n) is 31.1. The number of carbonyl (C=O) groups excluding carboxylic acids is 2. The van der Waals surface area contributed by atoms with E-state index in [0.717, 1.165) is 96.6 Å². The number of ether oxygens (including phenoxy) is 1. The van der Waals surface area contributed by atoms with Crippen molar-refractivity contribution < 1.29 is 14.3 Å². The summed E-state index contributed by atoms with van der Waals surface area (Å²) in [5.74, 6) is 2.62. The van der Waals surface area contributed by atoms with Gasteiger partial charge >= 0.3 is 6.09 Å². The molecule has 12 heteroatoms. The smallest absolute Gasteiger partial charge is 0.410 e. The van der Waals surface area contributed by atoms with Gasteiger partial charge in [-0.3, -0.25) is 14.7 Å². The summed E-state index contributed by atoms with van der Waals surface area (Å²) in [6.07, 6.45) is 7.01. The Morgan fingerprint density at radius 2 is 1.29 bits per heavy atom. The van der Waals surface area contributed by atoms with E-state index in [9.17, 15) is 9.59 Å². The molecule has 5 heterocycles. The van der Waals surface area contributed by atoms with E-state index in [1.807, 2.05) is 45.1 Å². The highest BCUT2D eigenvalue weighted by Gasteiger charge is 2.38. The van der Waals surface area contributed by atoms with E-state index in [1.54, 1.807) is 4.90 Å². The van der Waals surface area contributed by atoms with Crippen LogP contribution in [0.3, 0.4) is 0 Å². The van der Waals surface area contributed by atoms with Gasteiger partial charge in [0.05, 0.1) is 42.4 Å². The minimum atomic E-state index is -0.539. The number of aromatic nitrogens is 4. The van der Waals surface area contributed by atoms with Crippen molar-refractivity contribution in [2.75, 3.05) is 33.2 Å². The van der Waals surface area contributed by atoms with Crippen LogP contribution in [0.1, 0.15) is 84.0 Å². The molecule has 3 aliphatic rings. The third-order valence-corrected chi connectivity index (χ3v) is 10.2. The second kappa shape index (κ2) is 14.5. The Morgan fingerprint density at radius 1 is 0.788 bits per heavy atom. The van der Waals surface area contributed by atoms with Gasteiger partial charge in [-0.05, 0) is 74.6 Å². The average molecular weight is 706 g/mol. The topological polar surface area (TPSA) is 135 Å². The summed E-state index contributed by atoms with van der Waals surface area (Å²) in [4.78, 5) is 53.5. The lowest BCUT2D eigenvalue weighted by atomic mass is 10.0. The lowest BCUT2D eigenvalue weighted by Crippen LogP contribution is -2.53.